The highest BCUT2D eigenvalue weighted by Crippen LogP contribution is 2.21. The number of aromatic nitrogens is 3. The standard InChI is InChI=1S/3C9H13N.3C5H12.3C2H6/c1-9(2,3)8-4-6-10-7-5-8;1-9(2,3)8-5-4-6-10-7-8;1-9(2,3)8-6-4-5-7-10-8;3*1-5(2,3)4;3*1-2/h3*4-7H,1-3H3;3*1-4H3;3*1-2H3. The lowest BCUT2D eigenvalue weighted by molar-refractivity contribution is 0.469. The lowest BCUT2D eigenvalue weighted by Crippen LogP contribution is -2.12. The molecule has 0 amide bonds. The van der Waals surface area contributed by atoms with E-state index in [0.29, 0.717) is 16.2 Å². The maximum absolute atomic E-state index is 4.25. The summed E-state index contributed by atoms with van der Waals surface area (Å²) < 4.78 is 0. The van der Waals surface area contributed by atoms with Crippen LogP contribution in [-0.4, -0.2) is 15.0 Å². The van der Waals surface area contributed by atoms with E-state index >= 15 is 0 Å². The number of hydrogen-bond donors (Lipinski definition) is 0. The van der Waals surface area contributed by atoms with Crippen LogP contribution in [0.15, 0.2) is 73.4 Å². The molecule has 3 rings (SSSR count). The summed E-state index contributed by atoms with van der Waals surface area (Å²) in [7, 11) is 0. The first-order valence-corrected chi connectivity index (χ1v) is 19.5. The van der Waals surface area contributed by atoms with Crippen LogP contribution < -0.4 is 0 Å². The van der Waals surface area contributed by atoms with Crippen LogP contribution in [0.3, 0.4) is 0 Å². The highest BCUT2D eigenvalue weighted by atomic mass is 14.7. The van der Waals surface area contributed by atoms with Gasteiger partial charge in [-0.3, -0.25) is 15.0 Å². The smallest absolute Gasteiger partial charge is 0.0457 e. The van der Waals surface area contributed by atoms with Crippen molar-refractivity contribution in [2.75, 3.05) is 0 Å². The Morgan fingerprint density at radius 3 is 0.863 bits per heavy atom. The van der Waals surface area contributed by atoms with E-state index in [1.165, 1.54) is 11.1 Å². The van der Waals surface area contributed by atoms with Crippen molar-refractivity contribution in [3.63, 3.8) is 0 Å². The average molecular weight is 712 g/mol. The van der Waals surface area contributed by atoms with Crippen molar-refractivity contribution in [2.24, 2.45) is 16.2 Å². The predicted octanol–water partition coefficient (Wildman–Crippen LogP) is 16.4. The second kappa shape index (κ2) is 31.0. The van der Waals surface area contributed by atoms with Crippen LogP contribution in [0.4, 0.5) is 0 Å². The number of hydrogen-bond acceptors (Lipinski definition) is 3. The van der Waals surface area contributed by atoms with Gasteiger partial charge in [-0.2, -0.15) is 0 Å². The molecule has 0 aromatic carbocycles. The molecule has 3 heterocycles. The molecule has 0 radical (unpaired) electrons. The molecule has 3 heteroatoms. The number of rotatable bonds is 0. The van der Waals surface area contributed by atoms with Gasteiger partial charge < -0.3 is 0 Å². The first kappa shape index (κ1) is 60.5. The zero-order valence-electron chi connectivity index (χ0n) is 39.8. The molecule has 3 aromatic heterocycles. The van der Waals surface area contributed by atoms with Crippen molar-refractivity contribution in [1.82, 2.24) is 15.0 Å². The van der Waals surface area contributed by atoms with Crippen molar-refractivity contribution in [2.45, 2.75) is 203 Å². The Bertz CT molecular complexity index is 914. The molecule has 0 saturated carbocycles. The molecule has 0 saturated heterocycles. The molecule has 0 atom stereocenters. The van der Waals surface area contributed by atoms with E-state index in [1.807, 2.05) is 84.5 Å². The van der Waals surface area contributed by atoms with Gasteiger partial charge in [0.05, 0.1) is 0 Å². The molecular weight excluding hydrogens is 619 g/mol. The molecule has 3 aromatic rings. The lowest BCUT2D eigenvalue weighted by Gasteiger charge is -2.17. The second-order valence-corrected chi connectivity index (χ2v) is 19.4. The molecule has 0 bridgehead atoms. The fourth-order valence-electron chi connectivity index (χ4n) is 2.46. The normalized spacial score (nSPS) is 10.6. The van der Waals surface area contributed by atoms with Gasteiger partial charge in [0, 0.05) is 42.1 Å². The third-order valence-corrected chi connectivity index (χ3v) is 4.51. The molecule has 3 nitrogen and oxygen atoms in total. The maximum Gasteiger partial charge on any atom is 0.0457 e. The molecule has 0 N–H and O–H groups in total. The van der Waals surface area contributed by atoms with Gasteiger partial charge in [0.1, 0.15) is 0 Å². The first-order valence-electron chi connectivity index (χ1n) is 19.5. The third-order valence-electron chi connectivity index (χ3n) is 4.51. The van der Waals surface area contributed by atoms with Crippen LogP contribution in [0.25, 0.3) is 0 Å². The van der Waals surface area contributed by atoms with Gasteiger partial charge >= 0.3 is 0 Å². The molecule has 0 fully saturated rings. The Morgan fingerprint density at radius 1 is 0.333 bits per heavy atom. The van der Waals surface area contributed by atoms with Gasteiger partial charge in [0.2, 0.25) is 0 Å². The SMILES string of the molecule is CC.CC.CC.CC(C)(C)C.CC(C)(C)C.CC(C)(C)C.CC(C)(C)c1ccccn1.CC(C)(C)c1cccnc1.CC(C)(C)c1ccncc1. The number of pyridine rings is 3. The van der Waals surface area contributed by atoms with Crippen molar-refractivity contribution < 1.29 is 0 Å². The summed E-state index contributed by atoms with van der Waals surface area (Å²) in [5.74, 6) is 0. The van der Waals surface area contributed by atoms with E-state index in [9.17, 15) is 0 Å². The Kier molecular flexibility index (Phi) is 36.8. The van der Waals surface area contributed by atoms with Gasteiger partial charge in [-0.05, 0) is 68.5 Å². The van der Waals surface area contributed by atoms with Crippen molar-refractivity contribution in [3.05, 3.63) is 90.3 Å². The molecule has 0 aliphatic rings. The highest BCUT2D eigenvalue weighted by molar-refractivity contribution is 5.19. The fraction of sp³-hybridized carbons (Fsp3) is 0.688. The monoisotopic (exact) mass is 712 g/mol. The van der Waals surface area contributed by atoms with Crippen LogP contribution in [0.5, 0.6) is 0 Å². The Hall–Kier alpha value is -2.55. The second-order valence-electron chi connectivity index (χ2n) is 19.4. The van der Waals surface area contributed by atoms with Crippen molar-refractivity contribution in [1.29, 1.82) is 0 Å². The average Bonchev–Trinajstić information content (AvgIpc) is 2.99. The molecule has 0 aliphatic heterocycles. The minimum atomic E-state index is 0.182. The summed E-state index contributed by atoms with van der Waals surface area (Å²) in [5, 5.41) is 0. The summed E-state index contributed by atoms with van der Waals surface area (Å²) in [6.45, 7) is 57.9. The van der Waals surface area contributed by atoms with Gasteiger partial charge in [-0.1, -0.05) is 199 Å². The van der Waals surface area contributed by atoms with E-state index in [-0.39, 0.29) is 16.2 Å². The first-order chi connectivity index (χ1) is 22.8. The molecular formula is C48H93N3. The molecule has 0 unspecified atom stereocenters. The topological polar surface area (TPSA) is 38.7 Å². The van der Waals surface area contributed by atoms with Crippen LogP contribution >= 0.6 is 0 Å². The van der Waals surface area contributed by atoms with E-state index in [4.69, 9.17) is 0 Å². The van der Waals surface area contributed by atoms with Crippen molar-refractivity contribution in [3.8, 4) is 0 Å². The van der Waals surface area contributed by atoms with Gasteiger partial charge in [0.15, 0.2) is 0 Å². The van der Waals surface area contributed by atoms with E-state index in [0.717, 1.165) is 5.69 Å². The quantitative estimate of drug-likeness (QED) is 0.233. The van der Waals surface area contributed by atoms with Crippen LogP contribution in [0.1, 0.15) is 204 Å². The number of nitrogens with zero attached hydrogens (tertiary/aromatic N) is 3. The van der Waals surface area contributed by atoms with Crippen LogP contribution in [0, 0.1) is 16.2 Å². The molecule has 0 aliphatic carbocycles. The maximum atomic E-state index is 4.25. The summed E-state index contributed by atoms with van der Waals surface area (Å²) in [6.07, 6.45) is 9.22. The van der Waals surface area contributed by atoms with Crippen LogP contribution in [-0.2, 0) is 16.2 Å². The van der Waals surface area contributed by atoms with Gasteiger partial charge in [-0.25, -0.2) is 0 Å². The lowest BCUT2D eigenvalue weighted by atomic mass is 9.88. The summed E-state index contributed by atoms with van der Waals surface area (Å²) in [4.78, 5) is 12.3. The largest absolute Gasteiger partial charge is 0.265 e. The minimum Gasteiger partial charge on any atom is -0.265 e. The zero-order valence-corrected chi connectivity index (χ0v) is 39.8. The van der Waals surface area contributed by atoms with E-state index in [2.05, 4.69) is 185 Å². The molecule has 0 spiro atoms. The summed E-state index contributed by atoms with van der Waals surface area (Å²) in [5.41, 5.74) is 5.94. The van der Waals surface area contributed by atoms with Gasteiger partial charge in [0.25, 0.3) is 0 Å². The zero-order chi connectivity index (χ0) is 42.3. The molecule has 51 heavy (non-hydrogen) atoms. The Morgan fingerprint density at radius 2 is 0.686 bits per heavy atom. The van der Waals surface area contributed by atoms with E-state index in [1.54, 1.807) is 6.20 Å². The fourth-order valence-corrected chi connectivity index (χ4v) is 2.46. The Balaban J connectivity index is -0.000000119. The third kappa shape index (κ3) is 63.0. The van der Waals surface area contributed by atoms with E-state index < -0.39 is 0 Å². The van der Waals surface area contributed by atoms with Gasteiger partial charge in [-0.15, -0.1) is 0 Å². The highest BCUT2D eigenvalue weighted by Gasteiger charge is 2.14. The predicted molar refractivity (Wildman–Crippen MR) is 238 cm³/mol. The van der Waals surface area contributed by atoms with Crippen LogP contribution in [0.2, 0.25) is 0 Å². The van der Waals surface area contributed by atoms with Crippen molar-refractivity contribution >= 4 is 0 Å². The minimum absolute atomic E-state index is 0.182. The Labute approximate surface area is 323 Å². The molecule has 300 valence electrons. The summed E-state index contributed by atoms with van der Waals surface area (Å²) in [6, 6.07) is 14.2. The summed E-state index contributed by atoms with van der Waals surface area (Å²) >= 11 is 0.